The fourth-order valence-corrected chi connectivity index (χ4v) is 3.67. The number of rotatable bonds is 5. The molecule has 2 aliphatic heterocycles. The molecule has 2 saturated heterocycles. The molecule has 2 aliphatic rings. The molecule has 0 spiro atoms. The van der Waals surface area contributed by atoms with Crippen molar-refractivity contribution in [1.29, 1.82) is 0 Å². The highest BCUT2D eigenvalue weighted by atomic mass is 15.3. The summed E-state index contributed by atoms with van der Waals surface area (Å²) in [6.07, 6.45) is 15.9. The molecule has 0 radical (unpaired) electrons. The number of hydrogen-bond acceptors (Lipinski definition) is 1. The van der Waals surface area contributed by atoms with Crippen LogP contribution < -0.4 is 0 Å². The van der Waals surface area contributed by atoms with Crippen molar-refractivity contribution in [3.05, 3.63) is 12.2 Å². The lowest BCUT2D eigenvalue weighted by Gasteiger charge is -2.30. The summed E-state index contributed by atoms with van der Waals surface area (Å²) in [5, 5.41) is 0. The highest BCUT2D eigenvalue weighted by molar-refractivity contribution is 4.99. The van der Waals surface area contributed by atoms with E-state index >= 15 is 0 Å². The van der Waals surface area contributed by atoms with Crippen LogP contribution in [0.15, 0.2) is 12.2 Å². The highest BCUT2D eigenvalue weighted by Gasteiger charge is 2.41. The average Bonchev–Trinajstić information content (AvgIpc) is 2.86. The van der Waals surface area contributed by atoms with E-state index in [0.717, 1.165) is 18.1 Å². The summed E-state index contributed by atoms with van der Waals surface area (Å²) in [7, 11) is 0. The molecule has 3 atom stereocenters. The molecule has 0 saturated carbocycles. The van der Waals surface area contributed by atoms with E-state index in [1.807, 2.05) is 0 Å². The number of allylic oxidation sites excluding steroid dienone is 1. The van der Waals surface area contributed by atoms with Crippen LogP contribution in [0.1, 0.15) is 65.2 Å². The second-order valence-electron chi connectivity index (χ2n) is 5.51. The summed E-state index contributed by atoms with van der Waals surface area (Å²) in [5.74, 6) is 0. The van der Waals surface area contributed by atoms with E-state index in [9.17, 15) is 0 Å². The zero-order chi connectivity index (χ0) is 11.4. The van der Waals surface area contributed by atoms with Gasteiger partial charge in [0.25, 0.3) is 0 Å². The summed E-state index contributed by atoms with van der Waals surface area (Å²) in [6.45, 7) is 4.46. The molecule has 16 heavy (non-hydrogen) atoms. The first-order valence-electron chi connectivity index (χ1n) is 7.25. The highest BCUT2D eigenvalue weighted by Crippen LogP contribution is 2.39. The largest absolute Gasteiger partial charge is 0.294 e. The molecule has 0 amide bonds. The van der Waals surface area contributed by atoms with Gasteiger partial charge in [-0.3, -0.25) is 4.90 Å². The van der Waals surface area contributed by atoms with E-state index in [0.29, 0.717) is 0 Å². The van der Waals surface area contributed by atoms with Crippen LogP contribution in [0.25, 0.3) is 0 Å². The number of nitrogens with zero attached hydrogens (tertiary/aromatic N) is 1. The van der Waals surface area contributed by atoms with Gasteiger partial charge in [-0.05, 0) is 45.4 Å². The Morgan fingerprint density at radius 1 is 1.12 bits per heavy atom. The Balaban J connectivity index is 1.91. The maximum absolute atomic E-state index is 2.88. The third-order valence-electron chi connectivity index (χ3n) is 4.47. The van der Waals surface area contributed by atoms with Gasteiger partial charge in [-0.15, -0.1) is 0 Å². The Kier molecular flexibility index (Phi) is 4.45. The predicted octanol–water partition coefficient (Wildman–Crippen LogP) is 4.14. The molecule has 2 rings (SSSR count). The quantitative estimate of drug-likeness (QED) is 0.631. The number of hydrogen-bond donors (Lipinski definition) is 0. The molecule has 2 heterocycles. The first-order valence-corrected chi connectivity index (χ1v) is 7.25. The number of fused-ring (bicyclic) bond motifs is 1. The van der Waals surface area contributed by atoms with Gasteiger partial charge < -0.3 is 0 Å². The SMILES string of the molecule is C/C=C/C[C@H]1CC[C@@H]2CC[C@H](CCCC)N21. The molecule has 1 heteroatoms. The lowest BCUT2D eigenvalue weighted by molar-refractivity contribution is 0.172. The van der Waals surface area contributed by atoms with Gasteiger partial charge in [0.2, 0.25) is 0 Å². The fourth-order valence-electron chi connectivity index (χ4n) is 3.67. The Bertz CT molecular complexity index is 234. The van der Waals surface area contributed by atoms with Gasteiger partial charge in [0.05, 0.1) is 0 Å². The molecule has 0 aromatic heterocycles. The van der Waals surface area contributed by atoms with Gasteiger partial charge in [0, 0.05) is 18.1 Å². The van der Waals surface area contributed by atoms with Gasteiger partial charge in [0.1, 0.15) is 0 Å². The molecule has 2 fully saturated rings. The Morgan fingerprint density at radius 3 is 2.56 bits per heavy atom. The summed E-state index contributed by atoms with van der Waals surface area (Å²) >= 11 is 0. The third kappa shape index (κ3) is 2.51. The van der Waals surface area contributed by atoms with Crippen LogP contribution in [0.2, 0.25) is 0 Å². The van der Waals surface area contributed by atoms with E-state index in [-0.39, 0.29) is 0 Å². The molecular weight excluding hydrogens is 194 g/mol. The first-order chi connectivity index (χ1) is 7.86. The topological polar surface area (TPSA) is 3.24 Å². The Hall–Kier alpha value is -0.300. The smallest absolute Gasteiger partial charge is 0.0136 e. The van der Waals surface area contributed by atoms with Crippen molar-refractivity contribution in [3.8, 4) is 0 Å². The van der Waals surface area contributed by atoms with E-state index in [4.69, 9.17) is 0 Å². The van der Waals surface area contributed by atoms with Crippen molar-refractivity contribution in [2.45, 2.75) is 83.3 Å². The second-order valence-corrected chi connectivity index (χ2v) is 5.51. The lowest BCUT2D eigenvalue weighted by atomic mass is 10.0. The minimum atomic E-state index is 0.866. The Morgan fingerprint density at radius 2 is 1.88 bits per heavy atom. The molecule has 0 bridgehead atoms. The van der Waals surface area contributed by atoms with E-state index in [1.165, 1.54) is 51.4 Å². The summed E-state index contributed by atoms with van der Waals surface area (Å²) in [6, 6.07) is 2.73. The molecule has 0 N–H and O–H groups in total. The van der Waals surface area contributed by atoms with Crippen molar-refractivity contribution in [1.82, 2.24) is 4.90 Å². The standard InChI is InChI=1S/C15H27N/c1-3-5-7-13-9-11-15-12-10-14(16(13)15)8-6-4-2/h3,5,13-15H,4,6-12H2,1-2H3/b5-3+/t13-,14-,15+/m0/s1. The monoisotopic (exact) mass is 221 g/mol. The average molecular weight is 221 g/mol. The molecule has 0 unspecified atom stereocenters. The lowest BCUT2D eigenvalue weighted by Crippen LogP contribution is -2.37. The molecule has 0 aromatic carbocycles. The van der Waals surface area contributed by atoms with Crippen molar-refractivity contribution >= 4 is 0 Å². The molecule has 0 aliphatic carbocycles. The van der Waals surface area contributed by atoms with Gasteiger partial charge in [0.15, 0.2) is 0 Å². The van der Waals surface area contributed by atoms with E-state index in [1.54, 1.807) is 0 Å². The fraction of sp³-hybridized carbons (Fsp3) is 0.867. The zero-order valence-corrected chi connectivity index (χ0v) is 11.0. The summed E-state index contributed by atoms with van der Waals surface area (Å²) < 4.78 is 0. The molecule has 1 nitrogen and oxygen atoms in total. The maximum atomic E-state index is 2.88. The van der Waals surface area contributed by atoms with Crippen molar-refractivity contribution in [2.24, 2.45) is 0 Å². The normalized spacial score (nSPS) is 35.0. The predicted molar refractivity (Wildman–Crippen MR) is 70.6 cm³/mol. The number of unbranched alkanes of at least 4 members (excludes halogenated alkanes) is 1. The van der Waals surface area contributed by atoms with Gasteiger partial charge >= 0.3 is 0 Å². The third-order valence-corrected chi connectivity index (χ3v) is 4.47. The summed E-state index contributed by atoms with van der Waals surface area (Å²) in [4.78, 5) is 2.88. The van der Waals surface area contributed by atoms with E-state index < -0.39 is 0 Å². The van der Waals surface area contributed by atoms with E-state index in [2.05, 4.69) is 30.9 Å². The molecule has 0 aromatic rings. The maximum Gasteiger partial charge on any atom is 0.0136 e. The van der Waals surface area contributed by atoms with Crippen LogP contribution in [0, 0.1) is 0 Å². The van der Waals surface area contributed by atoms with Crippen molar-refractivity contribution in [2.75, 3.05) is 0 Å². The van der Waals surface area contributed by atoms with Crippen LogP contribution in [0.3, 0.4) is 0 Å². The Labute approximate surface area is 101 Å². The van der Waals surface area contributed by atoms with Gasteiger partial charge in [-0.1, -0.05) is 31.9 Å². The van der Waals surface area contributed by atoms with Gasteiger partial charge in [-0.25, -0.2) is 0 Å². The van der Waals surface area contributed by atoms with Crippen LogP contribution >= 0.6 is 0 Å². The first kappa shape index (κ1) is 12.2. The van der Waals surface area contributed by atoms with Crippen LogP contribution in [0.4, 0.5) is 0 Å². The van der Waals surface area contributed by atoms with Crippen molar-refractivity contribution in [3.63, 3.8) is 0 Å². The van der Waals surface area contributed by atoms with Crippen LogP contribution in [-0.4, -0.2) is 23.0 Å². The molecular formula is C15H27N. The van der Waals surface area contributed by atoms with Crippen molar-refractivity contribution < 1.29 is 0 Å². The summed E-state index contributed by atoms with van der Waals surface area (Å²) in [5.41, 5.74) is 0. The van der Waals surface area contributed by atoms with Crippen LogP contribution in [0.5, 0.6) is 0 Å². The zero-order valence-electron chi connectivity index (χ0n) is 11.0. The minimum absolute atomic E-state index is 0.866. The van der Waals surface area contributed by atoms with Gasteiger partial charge in [-0.2, -0.15) is 0 Å². The van der Waals surface area contributed by atoms with Crippen LogP contribution in [-0.2, 0) is 0 Å². The minimum Gasteiger partial charge on any atom is -0.294 e. The second kappa shape index (κ2) is 5.86. The molecule has 92 valence electrons.